The molecule has 478 valence electrons. The lowest BCUT2D eigenvalue weighted by atomic mass is 9.96. The number of ether oxygens (including phenoxy) is 8. The Kier molecular flexibility index (Phi) is 35.7. The van der Waals surface area contributed by atoms with Crippen molar-refractivity contribution in [2.45, 2.75) is 336 Å². The van der Waals surface area contributed by atoms with Gasteiger partial charge in [0.25, 0.3) is 0 Å². The first-order chi connectivity index (χ1) is 38.9. The second kappa shape index (κ2) is 40.2. The molecule has 23 heteroatoms. The van der Waals surface area contributed by atoms with E-state index in [4.69, 9.17) is 37.9 Å². The van der Waals surface area contributed by atoms with Gasteiger partial charge >= 0.3 is 0 Å². The number of amides is 1. The molecule has 1 amide bonds. The topological polar surface area (TPSA) is 366 Å². The summed E-state index contributed by atoms with van der Waals surface area (Å²) < 4.78 is 46.1. The van der Waals surface area contributed by atoms with Gasteiger partial charge in [0.05, 0.1) is 44.7 Å². The van der Waals surface area contributed by atoms with E-state index in [2.05, 4.69) is 19.2 Å². The van der Waals surface area contributed by atoms with Crippen molar-refractivity contribution in [3.63, 3.8) is 0 Å². The molecular weight excluding hydrogens is 1060 g/mol. The summed E-state index contributed by atoms with van der Waals surface area (Å²) in [4.78, 5) is 13.4. The third kappa shape index (κ3) is 24.4. The minimum atomic E-state index is -1.96. The second-order valence-electron chi connectivity index (χ2n) is 23.3. The van der Waals surface area contributed by atoms with E-state index in [0.29, 0.717) is 19.3 Å². The highest BCUT2D eigenvalue weighted by atomic mass is 16.8. The standard InChI is InChI=1S/C58H109NO22/c1-4-6-8-10-12-14-16-18-20-22-24-26-28-30-38(61)37(59-42(62)31-29-27-25-23-21-19-17-15-13-11-9-7-5-2)33-74-55-51(71)49(69)45(65)40(79-55)34-76-57-53(73)54(81-58-52(72)47(67)43(63)36(3)77-58)46(66)41(80-57)35-75-56-50(70)48(68)44(64)39(32-60)78-56/h36-41,43-58,60-61,63-73H,4-35H2,1-3H3,(H,59,62)/t36-,37-,38+,39+,40+,41+,43+,44-,45-,46-,47+,48-,49-,50+,51+,52-,53+,54-,55+,56+,57+,58-/m0/s1. The number of unbranched alkanes of at least 4 members (excludes halogenated alkanes) is 24. The third-order valence-electron chi connectivity index (χ3n) is 16.5. The van der Waals surface area contributed by atoms with Crippen molar-refractivity contribution < 1.29 is 109 Å². The molecule has 4 fully saturated rings. The molecule has 4 aliphatic rings. The Morgan fingerprint density at radius 2 is 0.815 bits per heavy atom. The van der Waals surface area contributed by atoms with Gasteiger partial charge in [0.15, 0.2) is 25.2 Å². The van der Waals surface area contributed by atoms with Gasteiger partial charge in [0.1, 0.15) is 91.6 Å². The van der Waals surface area contributed by atoms with Crippen molar-refractivity contribution in [3.8, 4) is 0 Å². The van der Waals surface area contributed by atoms with Crippen molar-refractivity contribution in [3.05, 3.63) is 0 Å². The van der Waals surface area contributed by atoms with E-state index < -0.39 is 155 Å². The molecule has 0 aromatic carbocycles. The van der Waals surface area contributed by atoms with Crippen LogP contribution < -0.4 is 5.32 Å². The summed E-state index contributed by atoms with van der Waals surface area (Å²) in [6.07, 6.45) is -4.33. The fourth-order valence-corrected chi connectivity index (χ4v) is 11.0. The van der Waals surface area contributed by atoms with Crippen LogP contribution in [0.1, 0.15) is 201 Å². The van der Waals surface area contributed by atoms with E-state index in [1.54, 1.807) is 0 Å². The number of aliphatic hydroxyl groups is 13. The molecule has 4 aliphatic heterocycles. The first kappa shape index (κ1) is 72.1. The third-order valence-corrected chi connectivity index (χ3v) is 16.5. The summed E-state index contributed by atoms with van der Waals surface area (Å²) in [5.74, 6) is -0.272. The zero-order valence-electron chi connectivity index (χ0n) is 48.8. The highest BCUT2D eigenvalue weighted by Gasteiger charge is 2.53. The number of aliphatic hydroxyl groups excluding tert-OH is 13. The van der Waals surface area contributed by atoms with Crippen molar-refractivity contribution in [2.24, 2.45) is 0 Å². The van der Waals surface area contributed by atoms with Gasteiger partial charge in [0.2, 0.25) is 5.91 Å². The van der Waals surface area contributed by atoms with Crippen LogP contribution in [0.4, 0.5) is 0 Å². The van der Waals surface area contributed by atoms with Gasteiger partial charge in [-0.05, 0) is 19.8 Å². The molecule has 14 N–H and O–H groups in total. The number of carbonyl (C=O) groups excluding carboxylic acids is 1. The second-order valence-corrected chi connectivity index (χ2v) is 23.3. The van der Waals surface area contributed by atoms with Crippen LogP contribution in [0.25, 0.3) is 0 Å². The zero-order valence-corrected chi connectivity index (χ0v) is 48.8. The summed E-state index contributed by atoms with van der Waals surface area (Å²) in [6, 6.07) is -0.929. The molecule has 0 saturated carbocycles. The minimum absolute atomic E-state index is 0.240. The van der Waals surface area contributed by atoms with E-state index in [1.807, 2.05) is 0 Å². The van der Waals surface area contributed by atoms with Gasteiger partial charge in [0, 0.05) is 6.42 Å². The first-order valence-electron chi connectivity index (χ1n) is 31.1. The van der Waals surface area contributed by atoms with Crippen LogP contribution in [0.5, 0.6) is 0 Å². The van der Waals surface area contributed by atoms with Crippen LogP contribution in [-0.2, 0) is 42.7 Å². The summed E-state index contributed by atoms with van der Waals surface area (Å²) in [6.45, 7) is 3.32. The smallest absolute Gasteiger partial charge is 0.220 e. The molecule has 0 bridgehead atoms. The van der Waals surface area contributed by atoms with Gasteiger partial charge in [-0.2, -0.15) is 0 Å². The summed E-state index contributed by atoms with van der Waals surface area (Å²) >= 11 is 0. The average Bonchev–Trinajstić information content (AvgIpc) is 3.54. The molecular formula is C58H109NO22. The summed E-state index contributed by atoms with van der Waals surface area (Å²) in [5.41, 5.74) is 0. The Balaban J connectivity index is 1.37. The molecule has 4 heterocycles. The van der Waals surface area contributed by atoms with E-state index in [9.17, 15) is 71.2 Å². The number of hydrogen-bond acceptors (Lipinski definition) is 22. The van der Waals surface area contributed by atoms with E-state index in [-0.39, 0.29) is 18.9 Å². The maximum atomic E-state index is 13.4. The lowest BCUT2D eigenvalue weighted by molar-refractivity contribution is -0.369. The monoisotopic (exact) mass is 1170 g/mol. The highest BCUT2D eigenvalue weighted by Crippen LogP contribution is 2.32. The average molecular weight is 1170 g/mol. The Hall–Kier alpha value is -1.37. The maximum Gasteiger partial charge on any atom is 0.220 e. The van der Waals surface area contributed by atoms with Gasteiger partial charge in [-0.15, -0.1) is 0 Å². The Morgan fingerprint density at radius 1 is 0.432 bits per heavy atom. The Labute approximate surface area is 480 Å². The van der Waals surface area contributed by atoms with Crippen molar-refractivity contribution in [1.82, 2.24) is 5.32 Å². The molecule has 0 aromatic heterocycles. The lowest BCUT2D eigenvalue weighted by Crippen LogP contribution is -2.65. The van der Waals surface area contributed by atoms with Crippen LogP contribution in [-0.4, -0.2) is 234 Å². The van der Waals surface area contributed by atoms with Gasteiger partial charge < -0.3 is 110 Å². The number of nitrogens with one attached hydrogen (secondary N) is 1. The van der Waals surface area contributed by atoms with Gasteiger partial charge in [-0.3, -0.25) is 4.79 Å². The molecule has 81 heavy (non-hydrogen) atoms. The fourth-order valence-electron chi connectivity index (χ4n) is 11.0. The predicted molar refractivity (Wildman–Crippen MR) is 295 cm³/mol. The van der Waals surface area contributed by atoms with E-state index in [0.717, 1.165) is 44.9 Å². The molecule has 22 atom stereocenters. The van der Waals surface area contributed by atoms with Crippen LogP contribution in [0.2, 0.25) is 0 Å². The number of rotatable bonds is 42. The summed E-state index contributed by atoms with van der Waals surface area (Å²) in [5, 5.41) is 143. The highest BCUT2D eigenvalue weighted by molar-refractivity contribution is 5.76. The largest absolute Gasteiger partial charge is 0.394 e. The normalized spacial score (nSPS) is 35.5. The zero-order chi connectivity index (χ0) is 59.3. The minimum Gasteiger partial charge on any atom is -0.394 e. The van der Waals surface area contributed by atoms with Crippen molar-refractivity contribution in [2.75, 3.05) is 26.4 Å². The molecule has 0 spiro atoms. The molecule has 0 radical (unpaired) electrons. The fraction of sp³-hybridized carbons (Fsp3) is 0.983. The molecule has 23 nitrogen and oxygen atoms in total. The van der Waals surface area contributed by atoms with Crippen LogP contribution in [0, 0.1) is 0 Å². The van der Waals surface area contributed by atoms with Gasteiger partial charge in [-0.25, -0.2) is 0 Å². The van der Waals surface area contributed by atoms with Gasteiger partial charge in [-0.1, -0.05) is 174 Å². The van der Waals surface area contributed by atoms with Crippen LogP contribution in [0.15, 0.2) is 0 Å². The quantitative estimate of drug-likeness (QED) is 0.0389. The number of hydrogen-bond donors (Lipinski definition) is 14. The SMILES string of the molecule is CCCCCCCCCCCCCCCC(=O)N[C@@H](CO[C@@H]1O[C@H](CO[C@@H]2O[C@H](CO[C@@H]3O[C@H](CO)[C@H](O)[C@H](O)[C@H]3O)[C@H](O)[C@H](O[C@@H]3O[C@@H](C)[C@@H](O)[C@@H](O)[C@@H]3O)[C@H]2O)[C@H](O)[C@H](O)[C@H]1O)[C@H](O)CCCCCCCCCCCCCCC. The molecule has 0 unspecified atom stereocenters. The van der Waals surface area contributed by atoms with Crippen LogP contribution in [0.3, 0.4) is 0 Å². The van der Waals surface area contributed by atoms with E-state index >= 15 is 0 Å². The molecule has 4 rings (SSSR count). The first-order valence-corrected chi connectivity index (χ1v) is 31.1. The molecule has 0 aliphatic carbocycles. The Bertz CT molecular complexity index is 1610. The summed E-state index contributed by atoms with van der Waals surface area (Å²) in [7, 11) is 0. The maximum absolute atomic E-state index is 13.4. The number of carbonyl (C=O) groups is 1. The Morgan fingerprint density at radius 3 is 1.30 bits per heavy atom. The molecule has 4 saturated heterocycles. The van der Waals surface area contributed by atoms with Crippen molar-refractivity contribution >= 4 is 5.91 Å². The van der Waals surface area contributed by atoms with Crippen molar-refractivity contribution in [1.29, 1.82) is 0 Å². The van der Waals surface area contributed by atoms with E-state index in [1.165, 1.54) is 116 Å². The van der Waals surface area contributed by atoms with Crippen LogP contribution >= 0.6 is 0 Å². The lowest BCUT2D eigenvalue weighted by Gasteiger charge is -2.47. The molecule has 0 aromatic rings. The predicted octanol–water partition coefficient (Wildman–Crippen LogP) is 2.11.